The average molecular weight is 367 g/mol. The fourth-order valence-electron chi connectivity index (χ4n) is 3.48. The molecule has 1 aliphatic rings. The number of nitrogens with zero attached hydrogens (tertiary/aromatic N) is 1. The summed E-state index contributed by atoms with van der Waals surface area (Å²) in [6, 6.07) is 13.4. The quantitative estimate of drug-likeness (QED) is 0.727. The van der Waals surface area contributed by atoms with Crippen molar-refractivity contribution < 1.29 is 9.53 Å². The lowest BCUT2D eigenvalue weighted by Gasteiger charge is -2.36. The minimum Gasteiger partial charge on any atom is -0.494 e. The maximum Gasteiger partial charge on any atom is 0.255 e. The maximum atomic E-state index is 12.5. The Morgan fingerprint density at radius 3 is 2.67 bits per heavy atom. The Morgan fingerprint density at radius 2 is 2.00 bits per heavy atom. The monoisotopic (exact) mass is 367 g/mol. The van der Waals surface area contributed by atoms with E-state index in [9.17, 15) is 4.79 Å². The molecule has 1 fully saturated rings. The molecule has 2 aromatic rings. The predicted octanol–water partition coefficient (Wildman–Crippen LogP) is 4.69. The molecule has 1 amide bonds. The fourth-order valence-corrected chi connectivity index (χ4v) is 3.48. The third kappa shape index (κ3) is 4.73. The number of nitrogen functional groups attached to an aromatic ring is 1. The van der Waals surface area contributed by atoms with Crippen LogP contribution in [-0.4, -0.2) is 25.1 Å². The van der Waals surface area contributed by atoms with Gasteiger partial charge in [0.2, 0.25) is 0 Å². The normalized spacial score (nSPS) is 16.8. The summed E-state index contributed by atoms with van der Waals surface area (Å²) in [6.07, 6.45) is 4.61. The summed E-state index contributed by atoms with van der Waals surface area (Å²) in [5, 5.41) is 2.92. The highest BCUT2D eigenvalue weighted by Gasteiger charge is 2.20. The summed E-state index contributed by atoms with van der Waals surface area (Å²) < 4.78 is 5.55. The molecule has 2 aromatic carbocycles. The number of ether oxygens (including phenoxy) is 1. The molecule has 0 unspecified atom stereocenters. The van der Waals surface area contributed by atoms with Crippen molar-refractivity contribution in [1.29, 1.82) is 0 Å². The van der Waals surface area contributed by atoms with Gasteiger partial charge in [-0.05, 0) is 75.1 Å². The van der Waals surface area contributed by atoms with E-state index in [1.807, 2.05) is 30.3 Å². The van der Waals surface area contributed by atoms with Gasteiger partial charge in [-0.2, -0.15) is 0 Å². The van der Waals surface area contributed by atoms with E-state index in [2.05, 4.69) is 24.1 Å². The van der Waals surface area contributed by atoms with Gasteiger partial charge in [0.1, 0.15) is 5.75 Å². The molecular formula is C22H29N3O2. The van der Waals surface area contributed by atoms with Gasteiger partial charge in [-0.3, -0.25) is 4.79 Å². The number of piperidine rings is 1. The fraction of sp³-hybridized carbons (Fsp3) is 0.409. The maximum absolute atomic E-state index is 12.5. The van der Waals surface area contributed by atoms with Crippen LogP contribution in [0.3, 0.4) is 0 Å². The number of carbonyl (C=O) groups excluding carboxylic acids is 1. The molecular weight excluding hydrogens is 338 g/mol. The predicted molar refractivity (Wildman–Crippen MR) is 112 cm³/mol. The van der Waals surface area contributed by atoms with E-state index in [-0.39, 0.29) is 5.91 Å². The molecule has 3 N–H and O–H groups in total. The van der Waals surface area contributed by atoms with E-state index in [1.54, 1.807) is 12.1 Å². The first kappa shape index (κ1) is 19.1. The van der Waals surface area contributed by atoms with Crippen LogP contribution in [0, 0.1) is 0 Å². The van der Waals surface area contributed by atoms with Crippen molar-refractivity contribution in [3.63, 3.8) is 0 Å². The van der Waals surface area contributed by atoms with Gasteiger partial charge in [0.05, 0.1) is 18.0 Å². The van der Waals surface area contributed by atoms with Crippen molar-refractivity contribution in [2.75, 3.05) is 29.1 Å². The molecule has 144 valence electrons. The first-order chi connectivity index (χ1) is 13.1. The van der Waals surface area contributed by atoms with Crippen molar-refractivity contribution in [1.82, 2.24) is 0 Å². The Hall–Kier alpha value is -2.69. The summed E-state index contributed by atoms with van der Waals surface area (Å²) in [6.45, 7) is 6.00. The highest BCUT2D eigenvalue weighted by molar-refractivity contribution is 6.04. The smallest absolute Gasteiger partial charge is 0.255 e. The van der Waals surface area contributed by atoms with Gasteiger partial charge >= 0.3 is 0 Å². The summed E-state index contributed by atoms with van der Waals surface area (Å²) in [7, 11) is 0. The first-order valence-electron chi connectivity index (χ1n) is 9.79. The Labute approximate surface area is 161 Å². The van der Waals surface area contributed by atoms with Crippen LogP contribution < -0.4 is 20.7 Å². The van der Waals surface area contributed by atoms with Crippen molar-refractivity contribution >= 4 is 23.0 Å². The number of nitrogens with one attached hydrogen (secondary N) is 1. The van der Waals surface area contributed by atoms with Gasteiger partial charge in [-0.1, -0.05) is 6.92 Å². The number of hydrogen-bond acceptors (Lipinski definition) is 4. The van der Waals surface area contributed by atoms with Gasteiger partial charge in [-0.25, -0.2) is 0 Å². The number of anilines is 3. The lowest BCUT2D eigenvalue weighted by Crippen LogP contribution is -2.37. The van der Waals surface area contributed by atoms with Crippen LogP contribution in [0.25, 0.3) is 0 Å². The standard InChI is InChI=1S/C22H29N3O2/c1-3-14-27-19-10-7-17(8-11-19)22(26)24-18-9-12-21(20(23)15-18)25-13-5-4-6-16(25)2/h7-12,15-16H,3-6,13-14,23H2,1-2H3,(H,24,26)/t16-/m0/s1. The summed E-state index contributed by atoms with van der Waals surface area (Å²) in [4.78, 5) is 14.8. The van der Waals surface area contributed by atoms with Crippen LogP contribution in [-0.2, 0) is 0 Å². The Morgan fingerprint density at radius 1 is 1.22 bits per heavy atom. The van der Waals surface area contributed by atoms with E-state index in [1.165, 1.54) is 19.3 Å². The zero-order chi connectivity index (χ0) is 19.2. The van der Waals surface area contributed by atoms with Gasteiger partial charge in [0.25, 0.3) is 5.91 Å². The molecule has 0 saturated carbocycles. The minimum atomic E-state index is -0.157. The van der Waals surface area contributed by atoms with Gasteiger partial charge < -0.3 is 20.7 Å². The zero-order valence-corrected chi connectivity index (χ0v) is 16.2. The van der Waals surface area contributed by atoms with Crippen LogP contribution in [0.4, 0.5) is 17.1 Å². The second kappa shape index (κ2) is 8.80. The molecule has 1 saturated heterocycles. The molecule has 3 rings (SSSR count). The SMILES string of the molecule is CCCOc1ccc(C(=O)Nc2ccc(N3CCCC[C@@H]3C)c(N)c2)cc1. The summed E-state index contributed by atoms with van der Waals surface area (Å²) in [5.74, 6) is 0.619. The Bertz CT molecular complexity index is 774. The largest absolute Gasteiger partial charge is 0.494 e. The second-order valence-electron chi connectivity index (χ2n) is 7.14. The van der Waals surface area contributed by atoms with Crippen molar-refractivity contribution in [3.8, 4) is 5.75 Å². The molecule has 1 heterocycles. The molecule has 0 spiro atoms. The highest BCUT2D eigenvalue weighted by atomic mass is 16.5. The summed E-state index contributed by atoms with van der Waals surface area (Å²) in [5.41, 5.74) is 9.33. The number of benzene rings is 2. The van der Waals surface area contributed by atoms with Crippen molar-refractivity contribution in [3.05, 3.63) is 48.0 Å². The molecule has 5 nitrogen and oxygen atoms in total. The number of rotatable bonds is 6. The van der Waals surface area contributed by atoms with Crippen molar-refractivity contribution in [2.24, 2.45) is 0 Å². The van der Waals surface area contributed by atoms with Gasteiger partial charge in [0.15, 0.2) is 0 Å². The number of amides is 1. The van der Waals surface area contributed by atoms with Crippen LogP contribution in [0.1, 0.15) is 49.9 Å². The lowest BCUT2D eigenvalue weighted by molar-refractivity contribution is 0.102. The van der Waals surface area contributed by atoms with E-state index < -0.39 is 0 Å². The van der Waals surface area contributed by atoms with E-state index in [0.29, 0.717) is 29.6 Å². The highest BCUT2D eigenvalue weighted by Crippen LogP contribution is 2.31. The molecule has 0 bridgehead atoms. The number of nitrogens with two attached hydrogens (primary N) is 1. The van der Waals surface area contributed by atoms with Crippen LogP contribution in [0.5, 0.6) is 5.75 Å². The van der Waals surface area contributed by atoms with Crippen LogP contribution in [0.15, 0.2) is 42.5 Å². The van der Waals surface area contributed by atoms with E-state index >= 15 is 0 Å². The summed E-state index contributed by atoms with van der Waals surface area (Å²) >= 11 is 0. The molecule has 1 atom stereocenters. The van der Waals surface area contributed by atoms with Crippen molar-refractivity contribution in [2.45, 2.75) is 45.6 Å². The topological polar surface area (TPSA) is 67.6 Å². The van der Waals surface area contributed by atoms with Crippen LogP contribution in [0.2, 0.25) is 0 Å². The molecule has 0 aliphatic carbocycles. The minimum absolute atomic E-state index is 0.157. The molecule has 5 heteroatoms. The second-order valence-corrected chi connectivity index (χ2v) is 7.14. The van der Waals surface area contributed by atoms with Crippen LogP contribution >= 0.6 is 0 Å². The molecule has 0 aromatic heterocycles. The zero-order valence-electron chi connectivity index (χ0n) is 16.2. The Balaban J connectivity index is 1.66. The van der Waals surface area contributed by atoms with E-state index in [0.717, 1.165) is 24.4 Å². The van der Waals surface area contributed by atoms with E-state index in [4.69, 9.17) is 10.5 Å². The number of carbonyl (C=O) groups is 1. The Kier molecular flexibility index (Phi) is 6.22. The molecule has 0 radical (unpaired) electrons. The molecule has 1 aliphatic heterocycles. The number of hydrogen-bond donors (Lipinski definition) is 2. The third-order valence-corrected chi connectivity index (χ3v) is 4.99. The molecule has 27 heavy (non-hydrogen) atoms. The third-order valence-electron chi connectivity index (χ3n) is 4.99. The lowest BCUT2D eigenvalue weighted by atomic mass is 10.0. The van der Waals surface area contributed by atoms with Gasteiger partial charge in [-0.15, -0.1) is 0 Å². The average Bonchev–Trinajstić information content (AvgIpc) is 2.68. The van der Waals surface area contributed by atoms with Gasteiger partial charge in [0, 0.05) is 23.8 Å². The first-order valence-corrected chi connectivity index (χ1v) is 9.79.